The van der Waals surface area contributed by atoms with Crippen molar-refractivity contribution in [1.29, 1.82) is 0 Å². The van der Waals surface area contributed by atoms with E-state index in [0.29, 0.717) is 11.5 Å². The highest BCUT2D eigenvalue weighted by Crippen LogP contribution is 2.32. The first-order chi connectivity index (χ1) is 9.74. The highest BCUT2D eigenvalue weighted by atomic mass is 79.9. The smallest absolute Gasteiger partial charge is 0.134 e. The van der Waals surface area contributed by atoms with E-state index in [1.54, 1.807) is 11.8 Å². The molecule has 2 nitrogen and oxygen atoms in total. The van der Waals surface area contributed by atoms with Gasteiger partial charge in [0.2, 0.25) is 0 Å². The third-order valence-corrected chi connectivity index (χ3v) is 5.11. The Labute approximate surface area is 129 Å². The molecule has 1 unspecified atom stereocenters. The summed E-state index contributed by atoms with van der Waals surface area (Å²) >= 11 is 5.11. The molecule has 20 heavy (non-hydrogen) atoms. The number of benzene rings is 2. The molecule has 1 heterocycles. The second kappa shape index (κ2) is 6.04. The lowest BCUT2D eigenvalue weighted by Gasteiger charge is -2.08. The quantitative estimate of drug-likeness (QED) is 0.672. The summed E-state index contributed by atoms with van der Waals surface area (Å²) in [7, 11) is 0. The zero-order chi connectivity index (χ0) is 13.9. The molecule has 1 atom stereocenters. The summed E-state index contributed by atoms with van der Waals surface area (Å²) in [4.78, 5) is 1.11. The number of thioether (sulfide) groups is 1. The average molecular weight is 349 g/mol. The number of para-hydroxylation sites is 1. The Balaban J connectivity index is 1.73. The first-order valence-corrected chi connectivity index (χ1v) is 8.06. The molecule has 0 fully saturated rings. The first kappa shape index (κ1) is 13.7. The number of aliphatic hydroxyl groups is 1. The third kappa shape index (κ3) is 2.92. The molecular formula is C16H13BrO2S. The third-order valence-electron chi connectivity index (χ3n) is 3.01. The lowest BCUT2D eigenvalue weighted by Crippen LogP contribution is -1.98. The van der Waals surface area contributed by atoms with Crippen LogP contribution in [0.25, 0.3) is 11.0 Å². The van der Waals surface area contributed by atoms with E-state index in [-0.39, 0.29) is 0 Å². The molecule has 1 aromatic heterocycles. The van der Waals surface area contributed by atoms with Crippen LogP contribution in [0.1, 0.15) is 11.9 Å². The van der Waals surface area contributed by atoms with Crippen molar-refractivity contribution >= 4 is 38.7 Å². The second-order valence-electron chi connectivity index (χ2n) is 4.44. The highest BCUT2D eigenvalue weighted by molar-refractivity contribution is 9.10. The van der Waals surface area contributed by atoms with Gasteiger partial charge in [-0.2, -0.15) is 0 Å². The van der Waals surface area contributed by atoms with Gasteiger partial charge in [-0.3, -0.25) is 0 Å². The summed E-state index contributed by atoms with van der Waals surface area (Å²) in [5.41, 5.74) is 0.812. The van der Waals surface area contributed by atoms with E-state index in [2.05, 4.69) is 15.9 Å². The van der Waals surface area contributed by atoms with Gasteiger partial charge < -0.3 is 9.52 Å². The van der Waals surface area contributed by atoms with Crippen molar-refractivity contribution in [2.24, 2.45) is 0 Å². The van der Waals surface area contributed by atoms with Crippen LogP contribution in [-0.2, 0) is 0 Å². The minimum Gasteiger partial charge on any atom is -0.458 e. The summed E-state index contributed by atoms with van der Waals surface area (Å²) in [6.45, 7) is 0. The molecule has 0 saturated heterocycles. The number of rotatable bonds is 4. The van der Waals surface area contributed by atoms with Gasteiger partial charge in [-0.15, -0.1) is 11.8 Å². The Morgan fingerprint density at radius 2 is 1.85 bits per heavy atom. The molecule has 1 N–H and O–H groups in total. The van der Waals surface area contributed by atoms with Gasteiger partial charge in [0.25, 0.3) is 0 Å². The zero-order valence-corrected chi connectivity index (χ0v) is 13.0. The fourth-order valence-corrected chi connectivity index (χ4v) is 3.49. The summed E-state index contributed by atoms with van der Waals surface area (Å²) < 4.78 is 6.72. The van der Waals surface area contributed by atoms with E-state index in [9.17, 15) is 5.11 Å². The van der Waals surface area contributed by atoms with Crippen LogP contribution in [0.15, 0.2) is 68.4 Å². The van der Waals surface area contributed by atoms with Gasteiger partial charge in [0.15, 0.2) is 0 Å². The molecule has 102 valence electrons. The fraction of sp³-hybridized carbons (Fsp3) is 0.125. The minimum atomic E-state index is -0.612. The molecule has 3 aromatic rings. The number of hydrogen-bond acceptors (Lipinski definition) is 3. The molecule has 3 rings (SSSR count). The Morgan fingerprint density at radius 3 is 2.65 bits per heavy atom. The van der Waals surface area contributed by atoms with E-state index in [4.69, 9.17) is 4.42 Å². The minimum absolute atomic E-state index is 0.558. The molecular weight excluding hydrogens is 336 g/mol. The van der Waals surface area contributed by atoms with Gasteiger partial charge in [0.05, 0.1) is 0 Å². The van der Waals surface area contributed by atoms with E-state index < -0.39 is 6.10 Å². The maximum absolute atomic E-state index is 10.2. The molecule has 0 aliphatic rings. The zero-order valence-electron chi connectivity index (χ0n) is 10.6. The molecule has 0 aliphatic heterocycles. The fourth-order valence-electron chi connectivity index (χ4n) is 1.98. The van der Waals surface area contributed by atoms with Crippen LogP contribution in [0.4, 0.5) is 0 Å². The van der Waals surface area contributed by atoms with Crippen molar-refractivity contribution in [2.45, 2.75) is 11.0 Å². The van der Waals surface area contributed by atoms with Gasteiger partial charge in [0, 0.05) is 20.5 Å². The summed E-state index contributed by atoms with van der Waals surface area (Å²) in [6, 6.07) is 17.7. The molecule has 2 aromatic carbocycles. The molecule has 0 radical (unpaired) electrons. The largest absolute Gasteiger partial charge is 0.458 e. The van der Waals surface area contributed by atoms with E-state index in [1.807, 2.05) is 54.6 Å². The maximum atomic E-state index is 10.2. The van der Waals surface area contributed by atoms with Gasteiger partial charge >= 0.3 is 0 Å². The molecule has 0 saturated carbocycles. The van der Waals surface area contributed by atoms with Gasteiger partial charge in [-0.25, -0.2) is 0 Å². The number of hydrogen-bond donors (Lipinski definition) is 1. The van der Waals surface area contributed by atoms with E-state index >= 15 is 0 Å². The first-order valence-electron chi connectivity index (χ1n) is 6.28. The molecule has 0 spiro atoms. The monoisotopic (exact) mass is 348 g/mol. The molecule has 0 bridgehead atoms. The Morgan fingerprint density at radius 1 is 1.10 bits per heavy atom. The standard InChI is InChI=1S/C16H13BrO2S/c17-12-6-2-4-8-16(12)20-10-13(18)15-9-11-5-1-3-7-14(11)19-15/h1-9,13,18H,10H2. The summed E-state index contributed by atoms with van der Waals surface area (Å²) in [5.74, 6) is 1.17. The van der Waals surface area contributed by atoms with Crippen LogP contribution in [0.2, 0.25) is 0 Å². The molecule has 0 amide bonds. The van der Waals surface area contributed by atoms with Crippen molar-refractivity contribution in [3.8, 4) is 0 Å². The van der Waals surface area contributed by atoms with Crippen LogP contribution in [0.5, 0.6) is 0 Å². The van der Waals surface area contributed by atoms with E-state index in [0.717, 1.165) is 20.3 Å². The van der Waals surface area contributed by atoms with Crippen LogP contribution in [0.3, 0.4) is 0 Å². The van der Waals surface area contributed by atoms with Crippen molar-refractivity contribution in [3.05, 3.63) is 64.8 Å². The normalized spacial score (nSPS) is 12.7. The lowest BCUT2D eigenvalue weighted by molar-refractivity contribution is 0.177. The highest BCUT2D eigenvalue weighted by Gasteiger charge is 2.14. The Kier molecular flexibility index (Phi) is 4.15. The topological polar surface area (TPSA) is 33.4 Å². The van der Waals surface area contributed by atoms with Crippen molar-refractivity contribution in [1.82, 2.24) is 0 Å². The number of furan rings is 1. The van der Waals surface area contributed by atoms with Crippen LogP contribution in [0, 0.1) is 0 Å². The molecule has 0 aliphatic carbocycles. The van der Waals surface area contributed by atoms with Gasteiger partial charge in [-0.1, -0.05) is 30.3 Å². The summed E-state index contributed by atoms with van der Waals surface area (Å²) in [5, 5.41) is 11.3. The lowest BCUT2D eigenvalue weighted by atomic mass is 10.2. The van der Waals surface area contributed by atoms with E-state index in [1.165, 1.54) is 0 Å². The number of halogens is 1. The predicted octanol–water partition coefficient (Wildman–Crippen LogP) is 5.02. The van der Waals surface area contributed by atoms with Gasteiger partial charge in [0.1, 0.15) is 17.4 Å². The SMILES string of the molecule is OC(CSc1ccccc1Br)c1cc2ccccc2o1. The summed E-state index contributed by atoms with van der Waals surface area (Å²) in [6.07, 6.45) is -0.612. The average Bonchev–Trinajstić information content (AvgIpc) is 2.90. The van der Waals surface area contributed by atoms with Crippen molar-refractivity contribution < 1.29 is 9.52 Å². The van der Waals surface area contributed by atoms with Crippen LogP contribution >= 0.6 is 27.7 Å². The van der Waals surface area contributed by atoms with Crippen LogP contribution in [-0.4, -0.2) is 10.9 Å². The van der Waals surface area contributed by atoms with Gasteiger partial charge in [-0.05, 0) is 40.2 Å². The second-order valence-corrected chi connectivity index (χ2v) is 6.36. The van der Waals surface area contributed by atoms with Crippen molar-refractivity contribution in [3.63, 3.8) is 0 Å². The number of fused-ring (bicyclic) bond motifs is 1. The Bertz CT molecular complexity index is 690. The predicted molar refractivity (Wildman–Crippen MR) is 86.0 cm³/mol. The van der Waals surface area contributed by atoms with Crippen LogP contribution < -0.4 is 0 Å². The Hall–Kier alpha value is -1.23. The molecule has 4 heteroatoms. The van der Waals surface area contributed by atoms with Crippen molar-refractivity contribution in [2.75, 3.05) is 5.75 Å². The number of aliphatic hydroxyl groups excluding tert-OH is 1. The maximum Gasteiger partial charge on any atom is 0.134 e.